The van der Waals surface area contributed by atoms with Gasteiger partial charge in [0.2, 0.25) is 11.7 Å². The van der Waals surface area contributed by atoms with E-state index < -0.39 is 0 Å². The van der Waals surface area contributed by atoms with E-state index in [0.717, 1.165) is 11.1 Å². The number of nitrogens with zero attached hydrogens (tertiary/aromatic N) is 5. The first kappa shape index (κ1) is 19.5. The Morgan fingerprint density at radius 2 is 1.97 bits per heavy atom. The van der Waals surface area contributed by atoms with Crippen molar-refractivity contribution in [2.75, 3.05) is 12.8 Å². The van der Waals surface area contributed by atoms with E-state index in [1.54, 1.807) is 31.1 Å². The summed E-state index contributed by atoms with van der Waals surface area (Å²) in [7, 11) is 3.42. The average molecular weight is 428 g/mol. The molecule has 29 heavy (non-hydrogen) atoms. The van der Waals surface area contributed by atoms with Crippen LogP contribution in [0.5, 0.6) is 0 Å². The highest BCUT2D eigenvalue weighted by molar-refractivity contribution is 7.99. The second-order valence-corrected chi connectivity index (χ2v) is 8.05. The molecule has 2 aromatic heterocycles. The number of thioether (sulfide) groups is 1. The monoisotopic (exact) mass is 427 g/mol. The van der Waals surface area contributed by atoms with Gasteiger partial charge in [-0.1, -0.05) is 47.6 Å². The number of aryl methyl sites for hydroxylation is 1. The highest BCUT2D eigenvalue weighted by Crippen LogP contribution is 2.22. The molecule has 0 aliphatic carbocycles. The molecule has 0 aliphatic rings. The second-order valence-electron chi connectivity index (χ2n) is 6.67. The Balaban J connectivity index is 1.57. The molecular weight excluding hydrogens is 410 g/mol. The van der Waals surface area contributed by atoms with Gasteiger partial charge in [0.15, 0.2) is 5.16 Å². The van der Waals surface area contributed by atoms with Gasteiger partial charge in [-0.2, -0.15) is 0 Å². The van der Waals surface area contributed by atoms with Gasteiger partial charge in [0.25, 0.3) is 5.56 Å². The summed E-state index contributed by atoms with van der Waals surface area (Å²) >= 11 is 7.31. The van der Waals surface area contributed by atoms with E-state index in [0.29, 0.717) is 27.9 Å². The van der Waals surface area contributed by atoms with Gasteiger partial charge in [-0.25, -0.2) is 0 Å². The molecule has 9 heteroatoms. The fraction of sp³-hybridized carbons (Fsp3) is 0.200. The van der Waals surface area contributed by atoms with Gasteiger partial charge < -0.3 is 4.90 Å². The van der Waals surface area contributed by atoms with Crippen LogP contribution in [-0.2, 0) is 18.4 Å². The lowest BCUT2D eigenvalue weighted by Crippen LogP contribution is -2.27. The van der Waals surface area contributed by atoms with Gasteiger partial charge in [-0.3, -0.25) is 18.6 Å². The number of hydrogen-bond donors (Lipinski definition) is 0. The lowest BCUT2D eigenvalue weighted by Gasteiger charge is -2.17. The molecule has 0 fully saturated rings. The van der Waals surface area contributed by atoms with Crippen LogP contribution >= 0.6 is 23.4 Å². The number of fused-ring (bicyclic) bond motifs is 3. The Morgan fingerprint density at radius 3 is 2.76 bits per heavy atom. The topological polar surface area (TPSA) is 72.5 Å². The Kier molecular flexibility index (Phi) is 5.29. The van der Waals surface area contributed by atoms with Crippen LogP contribution in [0, 0.1) is 0 Å². The van der Waals surface area contributed by atoms with Gasteiger partial charge in [0, 0.05) is 25.7 Å². The zero-order valence-corrected chi connectivity index (χ0v) is 17.4. The van der Waals surface area contributed by atoms with Gasteiger partial charge >= 0.3 is 0 Å². The summed E-state index contributed by atoms with van der Waals surface area (Å²) < 4.78 is 3.28. The zero-order valence-electron chi connectivity index (χ0n) is 15.9. The van der Waals surface area contributed by atoms with Gasteiger partial charge in [-0.15, -0.1) is 10.2 Å². The van der Waals surface area contributed by atoms with Crippen LogP contribution in [0.2, 0.25) is 5.02 Å². The molecule has 148 valence electrons. The van der Waals surface area contributed by atoms with E-state index >= 15 is 0 Å². The fourth-order valence-electron chi connectivity index (χ4n) is 3.14. The molecule has 0 atom stereocenters. The van der Waals surface area contributed by atoms with Crippen molar-refractivity contribution in [1.82, 2.24) is 24.1 Å². The number of carbonyl (C=O) groups excluding carboxylic acids is 1. The first-order chi connectivity index (χ1) is 14.0. The molecule has 0 saturated carbocycles. The third-order valence-electron chi connectivity index (χ3n) is 4.66. The van der Waals surface area contributed by atoms with E-state index in [1.807, 2.05) is 40.8 Å². The number of para-hydroxylation sites is 1. The molecule has 0 saturated heterocycles. The molecule has 0 radical (unpaired) electrons. The quantitative estimate of drug-likeness (QED) is 0.458. The number of carbonyl (C=O) groups is 1. The van der Waals surface area contributed by atoms with Crippen molar-refractivity contribution >= 4 is 46.0 Å². The molecule has 2 aromatic carbocycles. The van der Waals surface area contributed by atoms with E-state index in [4.69, 9.17) is 11.6 Å². The van der Waals surface area contributed by atoms with Crippen LogP contribution in [-0.4, -0.2) is 42.8 Å². The van der Waals surface area contributed by atoms with Crippen molar-refractivity contribution in [3.63, 3.8) is 0 Å². The summed E-state index contributed by atoms with van der Waals surface area (Å²) in [6.45, 7) is 0.470. The van der Waals surface area contributed by atoms with E-state index in [1.165, 1.54) is 16.3 Å². The number of benzene rings is 2. The SMILES string of the molecule is CN(Cc1cccc(Cl)c1)C(=O)CSc1nnc2n(C)c(=O)c3ccccc3n12. The highest BCUT2D eigenvalue weighted by atomic mass is 35.5. The largest absolute Gasteiger partial charge is 0.341 e. The maximum absolute atomic E-state index is 12.6. The molecule has 0 spiro atoms. The Labute approximate surface area is 175 Å². The van der Waals surface area contributed by atoms with Gasteiger partial charge in [-0.05, 0) is 29.8 Å². The number of amides is 1. The third-order valence-corrected chi connectivity index (χ3v) is 5.80. The van der Waals surface area contributed by atoms with Gasteiger partial charge in [0.05, 0.1) is 16.7 Å². The van der Waals surface area contributed by atoms with E-state index in [-0.39, 0.29) is 17.2 Å². The maximum Gasteiger partial charge on any atom is 0.262 e. The van der Waals surface area contributed by atoms with Crippen molar-refractivity contribution in [3.05, 3.63) is 69.5 Å². The standard InChI is InChI=1S/C20H18ClN5O2S/c1-24(11-13-6-5-7-14(21)10-13)17(27)12-29-20-23-22-19-25(2)18(28)15-8-3-4-9-16(15)26(19)20/h3-10H,11-12H2,1-2H3. The Hall–Kier alpha value is -2.84. The summed E-state index contributed by atoms with van der Waals surface area (Å²) in [6, 6.07) is 14.7. The van der Waals surface area contributed by atoms with Crippen LogP contribution in [0.4, 0.5) is 0 Å². The summed E-state index contributed by atoms with van der Waals surface area (Å²) in [5.41, 5.74) is 1.56. The van der Waals surface area contributed by atoms with Crippen LogP contribution in [0.1, 0.15) is 5.56 Å². The molecule has 2 heterocycles. The number of hydrogen-bond acceptors (Lipinski definition) is 5. The molecule has 0 bridgehead atoms. The summed E-state index contributed by atoms with van der Waals surface area (Å²) in [5.74, 6) is 0.603. The van der Waals surface area contributed by atoms with Gasteiger partial charge in [0.1, 0.15) is 0 Å². The minimum atomic E-state index is -0.130. The lowest BCUT2D eigenvalue weighted by atomic mass is 10.2. The van der Waals surface area contributed by atoms with Crippen molar-refractivity contribution in [2.45, 2.75) is 11.7 Å². The third kappa shape index (κ3) is 3.73. The van der Waals surface area contributed by atoms with Crippen molar-refractivity contribution in [1.29, 1.82) is 0 Å². The zero-order chi connectivity index (χ0) is 20.5. The van der Waals surface area contributed by atoms with Crippen LogP contribution in [0.3, 0.4) is 0 Å². The summed E-state index contributed by atoms with van der Waals surface area (Å²) in [6.07, 6.45) is 0. The predicted octanol–water partition coefficient (Wildman–Crippen LogP) is 2.99. The second kappa shape index (κ2) is 7.88. The van der Waals surface area contributed by atoms with Crippen LogP contribution < -0.4 is 5.56 Å². The van der Waals surface area contributed by atoms with Crippen molar-refractivity contribution in [2.24, 2.45) is 7.05 Å². The molecule has 0 aliphatic heterocycles. The van der Waals surface area contributed by atoms with Crippen molar-refractivity contribution in [3.8, 4) is 0 Å². The summed E-state index contributed by atoms with van der Waals surface area (Å²) in [5, 5.41) is 10.1. The molecule has 4 aromatic rings. The maximum atomic E-state index is 12.6. The number of aromatic nitrogens is 4. The Bertz CT molecular complexity index is 1280. The first-order valence-electron chi connectivity index (χ1n) is 8.90. The van der Waals surface area contributed by atoms with E-state index in [9.17, 15) is 9.59 Å². The fourth-order valence-corrected chi connectivity index (χ4v) is 4.23. The van der Waals surface area contributed by atoms with Crippen LogP contribution in [0.15, 0.2) is 58.5 Å². The van der Waals surface area contributed by atoms with Crippen molar-refractivity contribution < 1.29 is 4.79 Å². The normalized spacial score (nSPS) is 11.3. The smallest absolute Gasteiger partial charge is 0.262 e. The highest BCUT2D eigenvalue weighted by Gasteiger charge is 2.17. The minimum absolute atomic E-state index is 0.0409. The number of halogens is 1. The molecule has 7 nitrogen and oxygen atoms in total. The molecule has 1 amide bonds. The first-order valence-corrected chi connectivity index (χ1v) is 10.3. The number of rotatable bonds is 5. The molecule has 0 unspecified atom stereocenters. The Morgan fingerprint density at radius 1 is 1.17 bits per heavy atom. The molecular formula is C20H18ClN5O2S. The average Bonchev–Trinajstić information content (AvgIpc) is 3.14. The lowest BCUT2D eigenvalue weighted by molar-refractivity contribution is -0.127. The summed E-state index contributed by atoms with van der Waals surface area (Å²) in [4.78, 5) is 26.8. The van der Waals surface area contributed by atoms with E-state index in [2.05, 4.69) is 10.2 Å². The molecule has 0 N–H and O–H groups in total. The van der Waals surface area contributed by atoms with Crippen LogP contribution in [0.25, 0.3) is 16.7 Å². The molecule has 4 rings (SSSR count). The predicted molar refractivity (Wildman–Crippen MR) is 114 cm³/mol. The minimum Gasteiger partial charge on any atom is -0.341 e.